The molecule has 0 aliphatic rings. The molecule has 0 radical (unpaired) electrons. The van der Waals surface area contributed by atoms with Gasteiger partial charge in [0.05, 0.1) is 16.9 Å². The number of amides is 1. The van der Waals surface area contributed by atoms with E-state index in [2.05, 4.69) is 15.6 Å². The molecule has 132 valence electrons. The molecular formula is C19H14ClF2N3O. The van der Waals surface area contributed by atoms with Crippen LogP contribution in [0.15, 0.2) is 60.9 Å². The molecule has 0 bridgehead atoms. The van der Waals surface area contributed by atoms with Crippen molar-refractivity contribution in [1.82, 2.24) is 4.98 Å². The first-order valence-electron chi connectivity index (χ1n) is 7.71. The van der Waals surface area contributed by atoms with E-state index in [-0.39, 0.29) is 11.3 Å². The summed E-state index contributed by atoms with van der Waals surface area (Å²) in [7, 11) is 0. The zero-order chi connectivity index (χ0) is 18.5. The van der Waals surface area contributed by atoms with E-state index in [1.54, 1.807) is 24.4 Å². The first kappa shape index (κ1) is 17.8. The molecule has 1 heterocycles. The zero-order valence-electron chi connectivity index (χ0n) is 13.5. The van der Waals surface area contributed by atoms with Crippen molar-refractivity contribution in [2.75, 3.05) is 10.6 Å². The SMILES string of the molecule is O=C(Nc1ccc(F)cc1F)c1cncc(NCc2ccc(Cl)cc2)c1. The fourth-order valence-electron chi connectivity index (χ4n) is 2.25. The van der Waals surface area contributed by atoms with Crippen molar-refractivity contribution in [2.45, 2.75) is 6.54 Å². The van der Waals surface area contributed by atoms with Gasteiger partial charge in [0.25, 0.3) is 5.91 Å². The van der Waals surface area contributed by atoms with E-state index >= 15 is 0 Å². The summed E-state index contributed by atoms with van der Waals surface area (Å²) < 4.78 is 26.6. The summed E-state index contributed by atoms with van der Waals surface area (Å²) in [5.41, 5.74) is 1.79. The highest BCUT2D eigenvalue weighted by molar-refractivity contribution is 6.30. The lowest BCUT2D eigenvalue weighted by Gasteiger charge is -2.09. The van der Waals surface area contributed by atoms with Crippen molar-refractivity contribution in [3.8, 4) is 0 Å². The Bertz CT molecular complexity index is 932. The van der Waals surface area contributed by atoms with Crippen molar-refractivity contribution < 1.29 is 13.6 Å². The maximum atomic E-state index is 13.7. The Hall–Kier alpha value is -2.99. The number of carbonyl (C=O) groups excluding carboxylic acids is 1. The lowest BCUT2D eigenvalue weighted by Crippen LogP contribution is -2.14. The molecule has 0 atom stereocenters. The minimum Gasteiger partial charge on any atom is -0.380 e. The summed E-state index contributed by atoms with van der Waals surface area (Å²) in [6.45, 7) is 0.524. The third-order valence-corrected chi connectivity index (χ3v) is 3.84. The summed E-state index contributed by atoms with van der Waals surface area (Å²) in [6, 6.07) is 11.9. The van der Waals surface area contributed by atoms with Gasteiger partial charge >= 0.3 is 0 Å². The third kappa shape index (κ3) is 4.55. The van der Waals surface area contributed by atoms with Crippen LogP contribution < -0.4 is 10.6 Å². The molecule has 3 rings (SSSR count). The Morgan fingerprint density at radius 2 is 1.81 bits per heavy atom. The standard InChI is InChI=1S/C19H14ClF2N3O/c20-14-3-1-12(2-4-14)9-24-16-7-13(10-23-11-16)19(26)25-18-6-5-15(21)8-17(18)22/h1-8,10-11,24H,9H2,(H,25,26). The Morgan fingerprint density at radius 3 is 2.54 bits per heavy atom. The van der Waals surface area contributed by atoms with E-state index in [9.17, 15) is 13.6 Å². The van der Waals surface area contributed by atoms with Crippen LogP contribution in [0.4, 0.5) is 20.2 Å². The van der Waals surface area contributed by atoms with Crippen molar-refractivity contribution in [3.05, 3.63) is 88.7 Å². The first-order chi connectivity index (χ1) is 12.5. The van der Waals surface area contributed by atoms with Gasteiger partial charge in [0.1, 0.15) is 11.6 Å². The van der Waals surface area contributed by atoms with Crippen molar-refractivity contribution in [3.63, 3.8) is 0 Å². The second-order valence-corrected chi connectivity index (χ2v) is 5.96. The molecule has 0 fully saturated rings. The number of benzene rings is 2. The second kappa shape index (κ2) is 7.93. The highest BCUT2D eigenvalue weighted by Crippen LogP contribution is 2.17. The smallest absolute Gasteiger partial charge is 0.257 e. The van der Waals surface area contributed by atoms with E-state index < -0.39 is 17.5 Å². The van der Waals surface area contributed by atoms with Gasteiger partial charge in [-0.25, -0.2) is 8.78 Å². The lowest BCUT2D eigenvalue weighted by atomic mass is 10.2. The maximum absolute atomic E-state index is 13.7. The van der Waals surface area contributed by atoms with Gasteiger partial charge in [0.15, 0.2) is 0 Å². The molecule has 2 aromatic carbocycles. The molecule has 1 amide bonds. The number of aromatic nitrogens is 1. The molecular weight excluding hydrogens is 360 g/mol. The van der Waals surface area contributed by atoms with Crippen LogP contribution in [0.1, 0.15) is 15.9 Å². The number of hydrogen-bond acceptors (Lipinski definition) is 3. The maximum Gasteiger partial charge on any atom is 0.257 e. The number of nitrogens with one attached hydrogen (secondary N) is 2. The Kier molecular flexibility index (Phi) is 5.43. The van der Waals surface area contributed by atoms with E-state index in [4.69, 9.17) is 11.6 Å². The predicted molar refractivity (Wildman–Crippen MR) is 97.3 cm³/mol. The number of nitrogens with zero attached hydrogens (tertiary/aromatic N) is 1. The molecule has 0 aliphatic heterocycles. The molecule has 0 spiro atoms. The van der Waals surface area contributed by atoms with Gasteiger partial charge in [0, 0.05) is 30.0 Å². The topological polar surface area (TPSA) is 54.0 Å². The normalized spacial score (nSPS) is 10.4. The van der Waals surface area contributed by atoms with Gasteiger partial charge < -0.3 is 10.6 Å². The molecule has 0 saturated heterocycles. The number of halogens is 3. The zero-order valence-corrected chi connectivity index (χ0v) is 14.2. The molecule has 1 aromatic heterocycles. The fraction of sp³-hybridized carbons (Fsp3) is 0.0526. The van der Waals surface area contributed by atoms with Crippen LogP contribution in [0.5, 0.6) is 0 Å². The molecule has 0 saturated carbocycles. The van der Waals surface area contributed by atoms with Crippen LogP contribution in [-0.2, 0) is 6.54 Å². The van der Waals surface area contributed by atoms with Gasteiger partial charge in [-0.05, 0) is 35.9 Å². The van der Waals surface area contributed by atoms with Crippen LogP contribution in [0, 0.1) is 11.6 Å². The van der Waals surface area contributed by atoms with E-state index in [1.807, 2.05) is 12.1 Å². The van der Waals surface area contributed by atoms with Crippen LogP contribution in [0.25, 0.3) is 0 Å². The molecule has 2 N–H and O–H groups in total. The number of carbonyl (C=O) groups is 1. The second-order valence-electron chi connectivity index (χ2n) is 5.52. The van der Waals surface area contributed by atoms with Crippen LogP contribution in [-0.4, -0.2) is 10.9 Å². The van der Waals surface area contributed by atoms with Gasteiger partial charge in [0.2, 0.25) is 0 Å². The molecule has 26 heavy (non-hydrogen) atoms. The van der Waals surface area contributed by atoms with Gasteiger partial charge in [-0.15, -0.1) is 0 Å². The summed E-state index contributed by atoms with van der Waals surface area (Å²) in [4.78, 5) is 16.3. The summed E-state index contributed by atoms with van der Waals surface area (Å²) in [6.07, 6.45) is 2.94. The summed E-state index contributed by atoms with van der Waals surface area (Å²) in [5.74, 6) is -2.10. The Morgan fingerprint density at radius 1 is 1.04 bits per heavy atom. The Labute approximate surface area is 153 Å². The lowest BCUT2D eigenvalue weighted by molar-refractivity contribution is 0.102. The highest BCUT2D eigenvalue weighted by atomic mass is 35.5. The summed E-state index contributed by atoms with van der Waals surface area (Å²) in [5, 5.41) is 6.20. The minimum atomic E-state index is -0.844. The van der Waals surface area contributed by atoms with E-state index in [1.165, 1.54) is 12.3 Å². The number of rotatable bonds is 5. The average Bonchev–Trinajstić information content (AvgIpc) is 2.64. The van der Waals surface area contributed by atoms with E-state index in [0.29, 0.717) is 23.3 Å². The largest absolute Gasteiger partial charge is 0.380 e. The van der Waals surface area contributed by atoms with Crippen LogP contribution >= 0.6 is 11.6 Å². The Balaban J connectivity index is 1.67. The molecule has 4 nitrogen and oxygen atoms in total. The van der Waals surface area contributed by atoms with E-state index in [0.717, 1.165) is 11.6 Å². The predicted octanol–water partition coefficient (Wildman–Crippen LogP) is 4.88. The van der Waals surface area contributed by atoms with Gasteiger partial charge in [-0.1, -0.05) is 23.7 Å². The highest BCUT2D eigenvalue weighted by Gasteiger charge is 2.11. The van der Waals surface area contributed by atoms with Crippen molar-refractivity contribution >= 4 is 28.9 Å². The quantitative estimate of drug-likeness (QED) is 0.670. The minimum absolute atomic E-state index is 0.101. The van der Waals surface area contributed by atoms with Gasteiger partial charge in [-0.2, -0.15) is 0 Å². The molecule has 7 heteroatoms. The van der Waals surface area contributed by atoms with Crippen LogP contribution in [0.3, 0.4) is 0 Å². The monoisotopic (exact) mass is 373 g/mol. The molecule has 0 aliphatic carbocycles. The van der Waals surface area contributed by atoms with Gasteiger partial charge in [-0.3, -0.25) is 9.78 Å². The number of hydrogen-bond donors (Lipinski definition) is 2. The van der Waals surface area contributed by atoms with Crippen molar-refractivity contribution in [1.29, 1.82) is 0 Å². The van der Waals surface area contributed by atoms with Crippen LogP contribution in [0.2, 0.25) is 5.02 Å². The third-order valence-electron chi connectivity index (χ3n) is 3.59. The first-order valence-corrected chi connectivity index (χ1v) is 8.09. The van der Waals surface area contributed by atoms with Crippen molar-refractivity contribution in [2.24, 2.45) is 0 Å². The molecule has 0 unspecified atom stereocenters. The average molecular weight is 374 g/mol. The number of pyridine rings is 1. The number of anilines is 2. The molecule has 3 aromatic rings. The fourth-order valence-corrected chi connectivity index (χ4v) is 2.38. The summed E-state index contributed by atoms with van der Waals surface area (Å²) >= 11 is 5.85.